The van der Waals surface area contributed by atoms with Crippen molar-refractivity contribution in [2.24, 2.45) is 0 Å². The Morgan fingerprint density at radius 2 is 1.70 bits per heavy atom. The van der Waals surface area contributed by atoms with Crippen molar-refractivity contribution in [2.45, 2.75) is 46.4 Å². The number of aliphatic hydroxyl groups is 1. The molecule has 1 unspecified atom stereocenters. The van der Waals surface area contributed by atoms with Crippen LogP contribution in [0, 0.1) is 0 Å². The van der Waals surface area contributed by atoms with Gasteiger partial charge in [0.25, 0.3) is 0 Å². The number of ether oxygens (including phenoxy) is 1. The van der Waals surface area contributed by atoms with E-state index in [2.05, 4.69) is 10.1 Å². The normalized spacial score (nSPS) is 10.8. The van der Waals surface area contributed by atoms with E-state index in [1.165, 1.54) is 19.3 Å². The van der Waals surface area contributed by atoms with Crippen LogP contribution in [0.15, 0.2) is 0 Å². The number of esters is 1. The summed E-state index contributed by atoms with van der Waals surface area (Å²) in [6.07, 6.45) is -4.59. The van der Waals surface area contributed by atoms with Crippen LogP contribution in [0.3, 0.4) is 0 Å². The molecule has 0 radical (unpaired) electrons. The molecule has 0 aliphatic carbocycles. The zero-order valence-electron chi connectivity index (χ0n) is 13.9. The highest BCUT2D eigenvalue weighted by molar-refractivity contribution is 5.87. The first-order chi connectivity index (χ1) is 10.6. The molecule has 0 saturated carbocycles. The maximum atomic E-state index is 11.5. The molecule has 10 heteroatoms. The molecule has 0 aromatic heterocycles. The summed E-state index contributed by atoms with van der Waals surface area (Å²) in [5, 5.41) is 11.9. The average molecular weight is 346 g/mol. The van der Waals surface area contributed by atoms with E-state index in [1.807, 2.05) is 20.8 Å². The summed E-state index contributed by atoms with van der Waals surface area (Å²) in [6.45, 7) is 6.42. The van der Waals surface area contributed by atoms with Gasteiger partial charge in [0.2, 0.25) is 5.91 Å². The Morgan fingerprint density at radius 3 is 1.91 bits per heavy atom. The SMILES string of the molecule is CC.CCC(CO)OC(C)=O.CNC(=O)CNC(=O)C(F)(F)F. The van der Waals surface area contributed by atoms with E-state index in [4.69, 9.17) is 5.11 Å². The van der Waals surface area contributed by atoms with Gasteiger partial charge in [-0.1, -0.05) is 20.8 Å². The van der Waals surface area contributed by atoms with Crippen molar-refractivity contribution in [1.29, 1.82) is 0 Å². The van der Waals surface area contributed by atoms with Gasteiger partial charge in [-0.05, 0) is 6.42 Å². The summed E-state index contributed by atoms with van der Waals surface area (Å²) >= 11 is 0. The van der Waals surface area contributed by atoms with E-state index in [-0.39, 0.29) is 18.7 Å². The van der Waals surface area contributed by atoms with Crippen molar-refractivity contribution in [3.8, 4) is 0 Å². The summed E-state index contributed by atoms with van der Waals surface area (Å²) in [5.74, 6) is -3.14. The van der Waals surface area contributed by atoms with Gasteiger partial charge < -0.3 is 20.5 Å². The van der Waals surface area contributed by atoms with Gasteiger partial charge in [0.15, 0.2) is 0 Å². The number of hydrogen-bond acceptors (Lipinski definition) is 5. The number of hydrogen-bond donors (Lipinski definition) is 3. The Hall–Kier alpha value is -1.84. The van der Waals surface area contributed by atoms with E-state index in [0.29, 0.717) is 6.42 Å². The zero-order valence-corrected chi connectivity index (χ0v) is 13.9. The lowest BCUT2D eigenvalue weighted by molar-refractivity contribution is -0.173. The number of rotatable bonds is 5. The summed E-state index contributed by atoms with van der Waals surface area (Å²) < 4.78 is 39.0. The van der Waals surface area contributed by atoms with Crippen LogP contribution in [-0.4, -0.2) is 55.4 Å². The van der Waals surface area contributed by atoms with Gasteiger partial charge in [0.1, 0.15) is 6.10 Å². The van der Waals surface area contributed by atoms with Gasteiger partial charge >= 0.3 is 18.1 Å². The minimum absolute atomic E-state index is 0.0872. The van der Waals surface area contributed by atoms with Gasteiger partial charge in [0.05, 0.1) is 13.2 Å². The summed E-state index contributed by atoms with van der Waals surface area (Å²) in [4.78, 5) is 30.7. The van der Waals surface area contributed by atoms with Crippen molar-refractivity contribution in [2.75, 3.05) is 20.2 Å². The minimum atomic E-state index is -4.94. The molecule has 23 heavy (non-hydrogen) atoms. The first kappa shape index (κ1) is 26.1. The maximum absolute atomic E-state index is 11.5. The van der Waals surface area contributed by atoms with Crippen molar-refractivity contribution in [1.82, 2.24) is 10.6 Å². The van der Waals surface area contributed by atoms with Crippen molar-refractivity contribution >= 4 is 17.8 Å². The van der Waals surface area contributed by atoms with Gasteiger partial charge in [-0.25, -0.2) is 0 Å². The molecule has 0 saturated heterocycles. The largest absolute Gasteiger partial charge is 0.471 e. The predicted molar refractivity (Wildman–Crippen MR) is 77.4 cm³/mol. The number of carbonyl (C=O) groups excluding carboxylic acids is 3. The fourth-order valence-corrected chi connectivity index (χ4v) is 0.834. The molecule has 3 N–H and O–H groups in total. The molecule has 138 valence electrons. The summed E-state index contributed by atoms with van der Waals surface area (Å²) in [6, 6.07) is 0. The molecule has 0 fully saturated rings. The fraction of sp³-hybridized carbons (Fsp3) is 0.769. The maximum Gasteiger partial charge on any atom is 0.471 e. The third-order valence-corrected chi connectivity index (χ3v) is 1.94. The second-order valence-electron chi connectivity index (χ2n) is 3.68. The predicted octanol–water partition coefficient (Wildman–Crippen LogP) is 0.757. The monoisotopic (exact) mass is 346 g/mol. The number of amides is 2. The van der Waals surface area contributed by atoms with Crippen LogP contribution >= 0.6 is 0 Å². The summed E-state index contributed by atoms with van der Waals surface area (Å²) in [5.41, 5.74) is 0. The van der Waals surface area contributed by atoms with Gasteiger partial charge in [0, 0.05) is 14.0 Å². The van der Waals surface area contributed by atoms with Crippen molar-refractivity contribution < 1.29 is 37.4 Å². The molecule has 0 aromatic carbocycles. The molecule has 0 aliphatic rings. The topological polar surface area (TPSA) is 105 Å². The Bertz CT molecular complexity index is 345. The number of halogens is 3. The van der Waals surface area contributed by atoms with Crippen LogP contribution in [-0.2, 0) is 19.1 Å². The zero-order chi connectivity index (χ0) is 19.1. The number of alkyl halides is 3. The summed E-state index contributed by atoms with van der Waals surface area (Å²) in [7, 11) is 1.25. The van der Waals surface area contributed by atoms with Crippen LogP contribution in [0.25, 0.3) is 0 Å². The highest BCUT2D eigenvalue weighted by Gasteiger charge is 2.38. The number of likely N-dealkylation sites (N-methyl/N-ethyl adjacent to an activating group) is 1. The number of nitrogens with one attached hydrogen (secondary N) is 2. The molecule has 0 bridgehead atoms. The van der Waals surface area contributed by atoms with Crippen LogP contribution in [0.1, 0.15) is 34.1 Å². The Kier molecular flexibility index (Phi) is 17.1. The molecule has 1 atom stereocenters. The van der Waals surface area contributed by atoms with E-state index in [1.54, 1.807) is 0 Å². The van der Waals surface area contributed by atoms with E-state index < -0.39 is 24.5 Å². The third kappa shape index (κ3) is 18.1. The van der Waals surface area contributed by atoms with E-state index >= 15 is 0 Å². The molecule has 0 rings (SSSR count). The highest BCUT2D eigenvalue weighted by atomic mass is 19.4. The van der Waals surface area contributed by atoms with Gasteiger partial charge in [-0.2, -0.15) is 13.2 Å². The van der Waals surface area contributed by atoms with Crippen LogP contribution in [0.5, 0.6) is 0 Å². The molecule has 0 aliphatic heterocycles. The second-order valence-corrected chi connectivity index (χ2v) is 3.68. The quantitative estimate of drug-likeness (QED) is 0.638. The molecule has 0 aromatic rings. The molecule has 0 spiro atoms. The van der Waals surface area contributed by atoms with E-state index in [9.17, 15) is 27.6 Å². The molecule has 0 heterocycles. The third-order valence-electron chi connectivity index (χ3n) is 1.94. The first-order valence-electron chi connectivity index (χ1n) is 6.92. The van der Waals surface area contributed by atoms with E-state index in [0.717, 1.165) is 0 Å². The minimum Gasteiger partial charge on any atom is -0.460 e. The molecule has 7 nitrogen and oxygen atoms in total. The lowest BCUT2D eigenvalue weighted by Gasteiger charge is -2.10. The standard InChI is InChI=1S/C6H12O3.C5H7F3N2O2.C2H6/c1-3-6(4-7)9-5(2)8;1-9-3(11)2-10-4(12)5(6,7)8;1-2/h6-7H,3-4H2,1-2H3;2H2,1H3,(H,9,11)(H,10,12);1-2H3. The smallest absolute Gasteiger partial charge is 0.460 e. The Labute approximate surface area is 133 Å². The van der Waals surface area contributed by atoms with Crippen LogP contribution in [0.2, 0.25) is 0 Å². The average Bonchev–Trinajstić information content (AvgIpc) is 2.51. The van der Waals surface area contributed by atoms with Gasteiger partial charge in [-0.15, -0.1) is 0 Å². The van der Waals surface area contributed by atoms with Crippen LogP contribution < -0.4 is 10.6 Å². The lowest BCUT2D eigenvalue weighted by atomic mass is 10.3. The van der Waals surface area contributed by atoms with Crippen LogP contribution in [0.4, 0.5) is 13.2 Å². The molecular weight excluding hydrogens is 321 g/mol. The Morgan fingerprint density at radius 1 is 1.22 bits per heavy atom. The lowest BCUT2D eigenvalue weighted by Crippen LogP contribution is -2.42. The molecule has 2 amide bonds. The Balaban J connectivity index is -0.000000324. The second kappa shape index (κ2) is 15.1. The van der Waals surface area contributed by atoms with Crippen molar-refractivity contribution in [3.05, 3.63) is 0 Å². The number of carbonyl (C=O) groups is 3. The highest BCUT2D eigenvalue weighted by Crippen LogP contribution is 2.13. The number of aliphatic hydroxyl groups excluding tert-OH is 1. The fourth-order valence-electron chi connectivity index (χ4n) is 0.834. The molecular formula is C13H25F3N2O5. The van der Waals surface area contributed by atoms with Gasteiger partial charge in [-0.3, -0.25) is 14.4 Å². The first-order valence-corrected chi connectivity index (χ1v) is 6.92. The van der Waals surface area contributed by atoms with Crippen molar-refractivity contribution in [3.63, 3.8) is 0 Å².